The molecule has 0 amide bonds. The minimum absolute atomic E-state index is 0.126. The number of Topliss-reactive ketones (excluding diaryl/α,β-unsaturated/α-hetero) is 1. The van der Waals surface area contributed by atoms with Crippen molar-refractivity contribution < 1.29 is 9.18 Å². The molecular formula is C13H18FNO. The van der Waals surface area contributed by atoms with Crippen molar-refractivity contribution in [2.24, 2.45) is 5.92 Å². The molecule has 0 aliphatic rings. The van der Waals surface area contributed by atoms with Gasteiger partial charge in [-0.05, 0) is 25.7 Å². The van der Waals surface area contributed by atoms with Crippen molar-refractivity contribution in [1.82, 2.24) is 4.90 Å². The highest BCUT2D eigenvalue weighted by molar-refractivity contribution is 5.98. The van der Waals surface area contributed by atoms with Gasteiger partial charge in [-0.2, -0.15) is 0 Å². The molecule has 0 bridgehead atoms. The monoisotopic (exact) mass is 223 g/mol. The van der Waals surface area contributed by atoms with Crippen molar-refractivity contribution in [3.05, 3.63) is 35.6 Å². The van der Waals surface area contributed by atoms with E-state index in [1.165, 1.54) is 6.07 Å². The molecule has 1 aromatic carbocycles. The summed E-state index contributed by atoms with van der Waals surface area (Å²) in [5, 5.41) is 0. The summed E-state index contributed by atoms with van der Waals surface area (Å²) in [4.78, 5) is 14.0. The van der Waals surface area contributed by atoms with Crippen molar-refractivity contribution in [3.8, 4) is 0 Å². The van der Waals surface area contributed by atoms with Gasteiger partial charge in [0.15, 0.2) is 5.78 Å². The minimum Gasteiger partial charge on any atom is -0.306 e. The molecule has 1 atom stereocenters. The van der Waals surface area contributed by atoms with Crippen LogP contribution in [0.25, 0.3) is 0 Å². The molecule has 88 valence electrons. The fourth-order valence-electron chi connectivity index (χ4n) is 1.61. The molecule has 16 heavy (non-hydrogen) atoms. The fourth-order valence-corrected chi connectivity index (χ4v) is 1.61. The second-order valence-electron chi connectivity index (χ2n) is 4.10. The molecule has 1 unspecified atom stereocenters. The summed E-state index contributed by atoms with van der Waals surface area (Å²) >= 11 is 0. The van der Waals surface area contributed by atoms with Gasteiger partial charge < -0.3 is 4.90 Å². The Morgan fingerprint density at radius 1 is 1.44 bits per heavy atom. The van der Waals surface area contributed by atoms with Crippen LogP contribution >= 0.6 is 0 Å². The van der Waals surface area contributed by atoms with Crippen LogP contribution in [0.5, 0.6) is 0 Å². The molecule has 0 aromatic heterocycles. The van der Waals surface area contributed by atoms with Gasteiger partial charge in [0, 0.05) is 12.5 Å². The maximum atomic E-state index is 13.4. The Hall–Kier alpha value is -1.22. The molecule has 0 saturated carbocycles. The Balaban J connectivity index is 2.75. The summed E-state index contributed by atoms with van der Waals surface area (Å²) in [5.74, 6) is -0.737. The highest BCUT2D eigenvalue weighted by atomic mass is 19.1. The summed E-state index contributed by atoms with van der Waals surface area (Å²) < 4.78 is 13.4. The average Bonchev–Trinajstić information content (AvgIpc) is 2.28. The normalized spacial score (nSPS) is 12.8. The van der Waals surface area contributed by atoms with Crippen LogP contribution in [-0.4, -0.2) is 30.8 Å². The van der Waals surface area contributed by atoms with Gasteiger partial charge in [-0.1, -0.05) is 26.0 Å². The number of carbonyl (C=O) groups excluding carboxylic acids is 1. The van der Waals surface area contributed by atoms with E-state index < -0.39 is 5.82 Å². The Labute approximate surface area is 96.1 Å². The third-order valence-corrected chi connectivity index (χ3v) is 2.71. The summed E-state index contributed by atoms with van der Waals surface area (Å²) in [6, 6.07) is 6.14. The number of hydrogen-bond acceptors (Lipinski definition) is 2. The van der Waals surface area contributed by atoms with Gasteiger partial charge in [0.2, 0.25) is 0 Å². The van der Waals surface area contributed by atoms with E-state index in [4.69, 9.17) is 0 Å². The molecule has 2 nitrogen and oxygen atoms in total. The van der Waals surface area contributed by atoms with Crippen LogP contribution in [0.2, 0.25) is 0 Å². The summed E-state index contributed by atoms with van der Waals surface area (Å²) in [7, 11) is 1.95. The van der Waals surface area contributed by atoms with Crippen molar-refractivity contribution in [2.45, 2.75) is 13.8 Å². The summed E-state index contributed by atoms with van der Waals surface area (Å²) in [6.45, 7) is 5.40. The van der Waals surface area contributed by atoms with E-state index >= 15 is 0 Å². The van der Waals surface area contributed by atoms with Crippen LogP contribution in [-0.2, 0) is 0 Å². The van der Waals surface area contributed by atoms with Crippen LogP contribution in [0, 0.1) is 11.7 Å². The Kier molecular flexibility index (Phi) is 4.62. The minimum atomic E-state index is -0.432. The first kappa shape index (κ1) is 12.8. The van der Waals surface area contributed by atoms with E-state index in [2.05, 4.69) is 0 Å². The van der Waals surface area contributed by atoms with E-state index in [0.717, 1.165) is 6.54 Å². The Morgan fingerprint density at radius 2 is 2.06 bits per heavy atom. The first-order chi connectivity index (χ1) is 7.56. The van der Waals surface area contributed by atoms with Gasteiger partial charge >= 0.3 is 0 Å². The zero-order chi connectivity index (χ0) is 12.1. The zero-order valence-corrected chi connectivity index (χ0v) is 10.0. The maximum Gasteiger partial charge on any atom is 0.169 e. The molecule has 0 spiro atoms. The molecule has 1 aromatic rings. The fraction of sp³-hybridized carbons (Fsp3) is 0.462. The number of rotatable bonds is 5. The lowest BCUT2D eigenvalue weighted by Gasteiger charge is -2.18. The number of ketones is 1. The molecular weight excluding hydrogens is 205 g/mol. The van der Waals surface area contributed by atoms with Gasteiger partial charge in [0.05, 0.1) is 5.56 Å². The largest absolute Gasteiger partial charge is 0.306 e. The molecule has 1 rings (SSSR count). The molecule has 0 fully saturated rings. The predicted octanol–water partition coefficient (Wildman–Crippen LogP) is 2.60. The SMILES string of the molecule is CCN(C)CC(C)C(=O)c1ccccc1F. The van der Waals surface area contributed by atoms with E-state index in [1.54, 1.807) is 18.2 Å². The molecule has 0 aliphatic carbocycles. The van der Waals surface area contributed by atoms with E-state index in [9.17, 15) is 9.18 Å². The van der Waals surface area contributed by atoms with Crippen molar-refractivity contribution in [3.63, 3.8) is 0 Å². The van der Waals surface area contributed by atoms with Gasteiger partial charge in [0.25, 0.3) is 0 Å². The molecule has 0 heterocycles. The lowest BCUT2D eigenvalue weighted by molar-refractivity contribution is 0.0901. The number of halogens is 1. The van der Waals surface area contributed by atoms with Crippen LogP contribution in [0.15, 0.2) is 24.3 Å². The van der Waals surface area contributed by atoms with E-state index in [-0.39, 0.29) is 17.3 Å². The third kappa shape index (κ3) is 3.14. The number of nitrogens with zero attached hydrogens (tertiary/aromatic N) is 1. The lowest BCUT2D eigenvalue weighted by atomic mass is 9.98. The zero-order valence-electron chi connectivity index (χ0n) is 10.0. The Bertz CT molecular complexity index is 365. The van der Waals surface area contributed by atoms with E-state index in [0.29, 0.717) is 6.54 Å². The van der Waals surface area contributed by atoms with Crippen LogP contribution in [0.4, 0.5) is 4.39 Å². The Morgan fingerprint density at radius 3 is 2.62 bits per heavy atom. The quantitative estimate of drug-likeness (QED) is 0.715. The summed E-state index contributed by atoms with van der Waals surface area (Å²) in [6.07, 6.45) is 0. The molecule has 3 heteroatoms. The smallest absolute Gasteiger partial charge is 0.169 e. The first-order valence-electron chi connectivity index (χ1n) is 5.53. The van der Waals surface area contributed by atoms with Gasteiger partial charge in [-0.3, -0.25) is 4.79 Å². The number of benzene rings is 1. The molecule has 0 radical (unpaired) electrons. The van der Waals surface area contributed by atoms with Gasteiger partial charge in [0.1, 0.15) is 5.82 Å². The van der Waals surface area contributed by atoms with Crippen molar-refractivity contribution >= 4 is 5.78 Å². The van der Waals surface area contributed by atoms with Gasteiger partial charge in [-0.25, -0.2) is 4.39 Å². The average molecular weight is 223 g/mol. The lowest BCUT2D eigenvalue weighted by Crippen LogP contribution is -2.28. The van der Waals surface area contributed by atoms with Crippen LogP contribution < -0.4 is 0 Å². The standard InChI is InChI=1S/C13H18FNO/c1-4-15(3)9-10(2)13(16)11-7-5-6-8-12(11)14/h5-8,10H,4,9H2,1-3H3. The van der Waals surface area contributed by atoms with Crippen molar-refractivity contribution in [2.75, 3.05) is 20.1 Å². The highest BCUT2D eigenvalue weighted by Gasteiger charge is 2.19. The second-order valence-corrected chi connectivity index (χ2v) is 4.10. The third-order valence-electron chi connectivity index (χ3n) is 2.71. The van der Waals surface area contributed by atoms with Gasteiger partial charge in [-0.15, -0.1) is 0 Å². The van der Waals surface area contributed by atoms with Crippen LogP contribution in [0.1, 0.15) is 24.2 Å². The number of carbonyl (C=O) groups is 1. The first-order valence-corrected chi connectivity index (χ1v) is 5.53. The van der Waals surface area contributed by atoms with Crippen LogP contribution in [0.3, 0.4) is 0 Å². The molecule has 0 aliphatic heterocycles. The summed E-state index contributed by atoms with van der Waals surface area (Å²) in [5.41, 5.74) is 0.194. The number of hydrogen-bond donors (Lipinski definition) is 0. The maximum absolute atomic E-state index is 13.4. The molecule has 0 saturated heterocycles. The van der Waals surface area contributed by atoms with E-state index in [1.807, 2.05) is 25.8 Å². The highest BCUT2D eigenvalue weighted by Crippen LogP contribution is 2.13. The molecule has 0 N–H and O–H groups in total. The topological polar surface area (TPSA) is 20.3 Å². The van der Waals surface area contributed by atoms with Crippen molar-refractivity contribution in [1.29, 1.82) is 0 Å². The second kappa shape index (κ2) is 5.75. The predicted molar refractivity (Wildman–Crippen MR) is 63.1 cm³/mol.